The summed E-state index contributed by atoms with van der Waals surface area (Å²) in [5, 5.41) is 11.6. The fraction of sp³-hybridized carbons (Fsp3) is 0.537. The Kier molecular flexibility index (Phi) is 34.9. The highest BCUT2D eigenvalue weighted by Gasteiger charge is 2.64. The van der Waals surface area contributed by atoms with Gasteiger partial charge in [0.05, 0.1) is 119 Å². The lowest BCUT2D eigenvalue weighted by atomic mass is 9.86. The number of aromatic nitrogens is 10. The van der Waals surface area contributed by atoms with Crippen LogP contribution in [0.15, 0.2) is 62.0 Å². The number of carbonyl (C=O) groups excluding carboxylic acids is 10. The second-order valence-corrected chi connectivity index (χ2v) is 26.2. The molecule has 2 N–H and O–H groups in total. The van der Waals surface area contributed by atoms with Crippen LogP contribution >= 0.6 is 24.0 Å². The Balaban J connectivity index is 0.000000336. The summed E-state index contributed by atoms with van der Waals surface area (Å²) in [5.41, 5.74) is -9.75. The predicted molar refractivity (Wildman–Crippen MR) is 369 cm³/mol. The zero-order valence-electron chi connectivity index (χ0n) is 59.6. The van der Waals surface area contributed by atoms with Gasteiger partial charge >= 0.3 is 23.9 Å². The van der Waals surface area contributed by atoms with E-state index in [1.807, 2.05) is 0 Å². The van der Waals surface area contributed by atoms with Crippen molar-refractivity contribution in [1.82, 2.24) is 60.1 Å². The number of carbonyl (C=O) groups is 11. The summed E-state index contributed by atoms with van der Waals surface area (Å²) in [6, 6.07) is 0. The van der Waals surface area contributed by atoms with E-state index in [1.54, 1.807) is 25.7 Å². The number of ether oxygens (including phenoxy) is 1. The quantitative estimate of drug-likeness (QED) is 0.0765. The Morgan fingerprint density at radius 3 is 1.14 bits per heavy atom. The van der Waals surface area contributed by atoms with Gasteiger partial charge in [-0.2, -0.15) is 0 Å². The van der Waals surface area contributed by atoms with E-state index in [1.165, 1.54) is 30.6 Å². The van der Waals surface area contributed by atoms with E-state index in [9.17, 15) is 105 Å². The van der Waals surface area contributed by atoms with Gasteiger partial charge in [-0.1, -0.05) is 7.43 Å². The number of piperidine rings is 6. The van der Waals surface area contributed by atoms with Gasteiger partial charge in [0, 0.05) is 52.0 Å². The van der Waals surface area contributed by atoms with E-state index >= 15 is 0 Å². The molecule has 6 fully saturated rings. The molecular weight excluding hydrogens is 1540 g/mol. The third-order valence-electron chi connectivity index (χ3n) is 16.8. The SMILES string of the molecule is C.CC(=O)C1(F)CCN(c2ncc(F)cn2)CC1(F)F.CC(=O)C1(F)CCN(c2ncc(F)cn2)CC1=O.CC(=O)C1CCN(C(=O)OC(C)(C)C)CC1=O.CC(=O)C1CCN(c2ncc(F)cn2)CC1=O.CC(=O)C1CCNCC1=O.Cl.Fc1cnc(Cl)nc1.O=C(O)C1(F)CCN(c2ncc(F)cn2)CC1(F)F. The maximum Gasteiger partial charge on any atom is 0.410 e. The number of Topliss-reactive ketones (excluding diaryl/α,β-unsaturated/α-hetero) is 9. The van der Waals surface area contributed by atoms with E-state index in [2.05, 4.69) is 55.2 Å². The molecule has 6 aliphatic rings. The highest BCUT2D eigenvalue weighted by molar-refractivity contribution is 6.28. The number of alkyl halides is 7. The van der Waals surface area contributed by atoms with Crippen LogP contribution in [0.5, 0.6) is 0 Å². The summed E-state index contributed by atoms with van der Waals surface area (Å²) in [4.78, 5) is 166. The average Bonchev–Trinajstić information content (AvgIpc) is 0.768. The van der Waals surface area contributed by atoms with Gasteiger partial charge in [-0.25, -0.2) is 112 Å². The van der Waals surface area contributed by atoms with Gasteiger partial charge in [-0.3, -0.25) is 43.2 Å². The number of ketones is 9. The molecule has 1 amide bonds. The Labute approximate surface area is 632 Å². The third-order valence-corrected chi connectivity index (χ3v) is 17.0. The fourth-order valence-corrected chi connectivity index (χ4v) is 10.8. The minimum Gasteiger partial charge on any atom is -0.479 e. The number of hydrogen-bond donors (Lipinski definition) is 2. The number of anilines is 4. The maximum absolute atomic E-state index is 14.0. The molecule has 0 radical (unpaired) electrons. The molecule has 6 unspecified atom stereocenters. The van der Waals surface area contributed by atoms with Gasteiger partial charge in [0.25, 0.3) is 5.67 Å². The van der Waals surface area contributed by atoms with Gasteiger partial charge in [0.15, 0.2) is 63.8 Å². The van der Waals surface area contributed by atoms with Gasteiger partial charge in [0.2, 0.25) is 40.4 Å². The van der Waals surface area contributed by atoms with Crippen molar-refractivity contribution in [1.29, 1.82) is 0 Å². The minimum atomic E-state index is -4.09. The van der Waals surface area contributed by atoms with Crippen molar-refractivity contribution >= 4 is 112 Å². The number of carboxylic acid groups (broad SMARTS) is 1. The molecule has 11 rings (SSSR count). The molecule has 0 aromatic carbocycles. The van der Waals surface area contributed by atoms with Crippen LogP contribution in [0, 0.1) is 46.8 Å². The molecule has 11 heterocycles. The molecule has 6 atom stereocenters. The molecule has 5 aromatic heterocycles. The van der Waals surface area contributed by atoms with E-state index < -0.39 is 131 Å². The summed E-state index contributed by atoms with van der Waals surface area (Å²) in [6.07, 6.45) is 8.57. The number of rotatable bonds is 10. The lowest BCUT2D eigenvalue weighted by molar-refractivity contribution is -0.188. The standard InChI is InChI=1S/C12H19NO4.C11H11F4N3O.C11H11F2N3O2.C11H12FN3O2.C10H9F4N3O2.C7H11NO2.C4H2ClFN2.CH4.ClH/c1-8(14)9-5-6-13(7-10(9)15)11(16)17-12(2,3)4;1-7(19)10(13)2-3-18(6-11(10,14)15)9-16-4-8(12)5-17-9;1-7(17)11(13)2-3-16(6-9(11)18)10-14-4-8(12)5-15-10;1-7(16)9-2-3-15(6-10(9)17)11-13-4-8(12)5-14-11;11-6-3-15-8(16-4-6)17-2-1-9(12,7(18)19)10(13,14)5-17;1-5(9)6-2-3-8-4-7(6)10;5-4-7-1-3(6)2-8-4;;/h9H,5-7H2,1-4H3;4-5H,2-3,6H2,1H3;4-5H,2-3,6H2,1H3;4-5,9H,2-3,6H2,1H3;3-4H,1-2,5H2,(H,18,19);6,8H,2-4H2,1H3;1-2H;1H4;1H. The van der Waals surface area contributed by atoms with E-state index in [0.717, 1.165) is 92.2 Å². The lowest BCUT2D eigenvalue weighted by Gasteiger charge is -2.40. The number of aliphatic carboxylic acids is 1. The molecule has 6 aliphatic heterocycles. The highest BCUT2D eigenvalue weighted by Crippen LogP contribution is 2.42. The number of halogens is 14. The minimum absolute atomic E-state index is 0. The van der Waals surface area contributed by atoms with Crippen molar-refractivity contribution < 1.29 is 115 Å². The second-order valence-electron chi connectivity index (χ2n) is 25.9. The van der Waals surface area contributed by atoms with Crippen molar-refractivity contribution in [2.75, 3.05) is 98.1 Å². The average molecular weight is 1620 g/mol. The summed E-state index contributed by atoms with van der Waals surface area (Å²) in [7, 11) is 0. The van der Waals surface area contributed by atoms with Crippen LogP contribution in [-0.4, -0.2) is 237 Å². The van der Waals surface area contributed by atoms with Crippen LogP contribution in [0.25, 0.3) is 0 Å². The van der Waals surface area contributed by atoms with Crippen LogP contribution in [-0.2, 0) is 52.7 Å². The number of nitrogens with zero attached hydrogens (tertiary/aromatic N) is 15. The molecule has 6 saturated heterocycles. The van der Waals surface area contributed by atoms with Crippen LogP contribution in [0.4, 0.5) is 81.3 Å². The van der Waals surface area contributed by atoms with Crippen LogP contribution < -0.4 is 24.9 Å². The van der Waals surface area contributed by atoms with Crippen molar-refractivity contribution in [3.63, 3.8) is 0 Å². The molecule has 604 valence electrons. The fourth-order valence-electron chi connectivity index (χ4n) is 10.7. The first-order chi connectivity index (χ1) is 50.2. The normalized spacial score (nSPS) is 22.6. The summed E-state index contributed by atoms with van der Waals surface area (Å²) in [6.45, 7) is 10.8. The first-order valence-corrected chi connectivity index (χ1v) is 33.0. The van der Waals surface area contributed by atoms with Gasteiger partial charge < -0.3 is 39.7 Å². The summed E-state index contributed by atoms with van der Waals surface area (Å²) in [5.74, 6) is -17.7. The van der Waals surface area contributed by atoms with Crippen LogP contribution in [0.2, 0.25) is 5.28 Å². The first-order valence-electron chi connectivity index (χ1n) is 32.7. The van der Waals surface area contributed by atoms with Gasteiger partial charge in [0.1, 0.15) is 23.0 Å². The van der Waals surface area contributed by atoms with Crippen molar-refractivity contribution in [2.24, 2.45) is 17.8 Å². The number of carboxylic acids is 1. The molecule has 0 bridgehead atoms. The second kappa shape index (κ2) is 40.7. The monoisotopic (exact) mass is 1610 g/mol. The van der Waals surface area contributed by atoms with Crippen molar-refractivity contribution in [2.45, 2.75) is 136 Å². The zero-order chi connectivity index (χ0) is 81.0. The Bertz CT molecular complexity index is 3910. The molecule has 29 nitrogen and oxygen atoms in total. The van der Waals surface area contributed by atoms with Crippen molar-refractivity contribution in [3.05, 3.63) is 96.3 Å². The predicted octanol–water partition coefficient (Wildman–Crippen LogP) is 7.79. The lowest BCUT2D eigenvalue weighted by Crippen LogP contribution is -2.62. The molecule has 0 aliphatic carbocycles. The molecule has 110 heavy (non-hydrogen) atoms. The maximum atomic E-state index is 14.0. The number of nitrogens with one attached hydrogen (secondary N) is 1. The first kappa shape index (κ1) is 94.3. The largest absolute Gasteiger partial charge is 0.479 e. The van der Waals surface area contributed by atoms with Gasteiger partial charge in [-0.15, -0.1) is 12.4 Å². The Morgan fingerprint density at radius 1 is 0.482 bits per heavy atom. The third kappa shape index (κ3) is 26.1. The molecular formula is C67H80Cl2F12N16O13. The summed E-state index contributed by atoms with van der Waals surface area (Å²) >= 11 is 5.22. The Hall–Kier alpha value is -9.93. The summed E-state index contributed by atoms with van der Waals surface area (Å²) < 4.78 is 164. The van der Waals surface area contributed by atoms with Gasteiger partial charge in [-0.05, 0) is 92.8 Å². The molecule has 43 heteroatoms. The van der Waals surface area contributed by atoms with Crippen molar-refractivity contribution in [3.8, 4) is 0 Å². The zero-order valence-corrected chi connectivity index (χ0v) is 61.2. The molecule has 5 aromatic rings. The Morgan fingerprint density at radius 2 is 0.827 bits per heavy atom. The topological polar surface area (TPSA) is 374 Å². The number of likely N-dealkylation sites (tertiary alicyclic amines) is 1. The van der Waals surface area contributed by atoms with Crippen LogP contribution in [0.3, 0.4) is 0 Å². The smallest absolute Gasteiger partial charge is 0.410 e. The highest BCUT2D eigenvalue weighted by atomic mass is 35.5. The van der Waals surface area contributed by atoms with E-state index in [0.29, 0.717) is 44.8 Å². The number of hydrogen-bond acceptors (Lipinski definition) is 27. The number of amides is 1. The van der Waals surface area contributed by atoms with E-state index in [4.69, 9.17) is 21.4 Å². The molecule has 0 saturated carbocycles. The molecule has 0 spiro atoms. The van der Waals surface area contributed by atoms with Crippen LogP contribution in [0.1, 0.15) is 101 Å². The van der Waals surface area contributed by atoms with E-state index in [-0.39, 0.29) is 129 Å².